The summed E-state index contributed by atoms with van der Waals surface area (Å²) in [5, 5.41) is 0. The van der Waals surface area contributed by atoms with Crippen molar-refractivity contribution in [1.82, 2.24) is 4.72 Å². The van der Waals surface area contributed by atoms with Crippen LogP contribution < -0.4 is 15.4 Å². The van der Waals surface area contributed by atoms with E-state index in [1.165, 1.54) is 0 Å². The van der Waals surface area contributed by atoms with Gasteiger partial charge in [0.15, 0.2) is 0 Å². The third kappa shape index (κ3) is 5.30. The summed E-state index contributed by atoms with van der Waals surface area (Å²) in [6.07, 6.45) is 2.57. The van der Waals surface area contributed by atoms with Gasteiger partial charge in [-0.2, -0.15) is 0 Å². The first kappa shape index (κ1) is 17.9. The standard InChI is InChI=1S/C15H27N3O2S/c1-3-11-17-21(19,20)15-9-6-5-8-14(15)18(12-4-2)13-7-10-16/h5-6,8-9,17H,3-4,7,10-13,16H2,1-2H3. The predicted molar refractivity (Wildman–Crippen MR) is 88.1 cm³/mol. The van der Waals surface area contributed by atoms with Gasteiger partial charge in [0.25, 0.3) is 0 Å². The van der Waals surface area contributed by atoms with Crippen molar-refractivity contribution < 1.29 is 8.42 Å². The van der Waals surface area contributed by atoms with E-state index in [0.29, 0.717) is 18.0 Å². The maximum atomic E-state index is 12.4. The van der Waals surface area contributed by atoms with Crippen LogP contribution in [0, 0.1) is 0 Å². The van der Waals surface area contributed by atoms with Crippen molar-refractivity contribution in [1.29, 1.82) is 0 Å². The fourth-order valence-corrected chi connectivity index (χ4v) is 3.52. The highest BCUT2D eigenvalue weighted by molar-refractivity contribution is 7.89. The predicted octanol–water partition coefficient (Wildman–Crippen LogP) is 1.94. The van der Waals surface area contributed by atoms with Gasteiger partial charge in [-0.1, -0.05) is 26.0 Å². The van der Waals surface area contributed by atoms with Gasteiger partial charge >= 0.3 is 0 Å². The molecule has 6 heteroatoms. The summed E-state index contributed by atoms with van der Waals surface area (Å²) >= 11 is 0. The van der Waals surface area contributed by atoms with Gasteiger partial charge in [0.1, 0.15) is 4.90 Å². The van der Waals surface area contributed by atoms with Gasteiger partial charge in [-0.25, -0.2) is 13.1 Å². The molecule has 0 atom stereocenters. The smallest absolute Gasteiger partial charge is 0.242 e. The molecule has 3 N–H and O–H groups in total. The Bertz CT molecular complexity index is 517. The Balaban J connectivity index is 3.11. The molecule has 0 aliphatic carbocycles. The minimum Gasteiger partial charge on any atom is -0.370 e. The van der Waals surface area contributed by atoms with Crippen LogP contribution in [0.4, 0.5) is 5.69 Å². The highest BCUT2D eigenvalue weighted by Gasteiger charge is 2.20. The SMILES string of the molecule is CCCNS(=O)(=O)c1ccccc1N(CCC)CCCN. The maximum Gasteiger partial charge on any atom is 0.242 e. The molecule has 1 rings (SSSR count). The highest BCUT2D eigenvalue weighted by Crippen LogP contribution is 2.25. The number of sulfonamides is 1. The lowest BCUT2D eigenvalue weighted by Crippen LogP contribution is -2.31. The lowest BCUT2D eigenvalue weighted by atomic mass is 10.2. The number of anilines is 1. The topological polar surface area (TPSA) is 75.4 Å². The first-order chi connectivity index (χ1) is 10.1. The normalized spacial score (nSPS) is 11.6. The molecular weight excluding hydrogens is 286 g/mol. The summed E-state index contributed by atoms with van der Waals surface area (Å²) in [5.74, 6) is 0. The highest BCUT2D eigenvalue weighted by atomic mass is 32.2. The molecule has 1 aromatic rings. The molecule has 0 aliphatic heterocycles. The van der Waals surface area contributed by atoms with Crippen LogP contribution in [0.2, 0.25) is 0 Å². The molecule has 0 aliphatic rings. The third-order valence-corrected chi connectivity index (χ3v) is 4.67. The monoisotopic (exact) mass is 313 g/mol. The molecule has 21 heavy (non-hydrogen) atoms. The van der Waals surface area contributed by atoms with Crippen LogP contribution in [0.25, 0.3) is 0 Å². The van der Waals surface area contributed by atoms with Crippen molar-refractivity contribution in [2.45, 2.75) is 38.0 Å². The van der Waals surface area contributed by atoms with Crippen LogP contribution in [0.15, 0.2) is 29.2 Å². The Hall–Kier alpha value is -1.11. The largest absolute Gasteiger partial charge is 0.370 e. The van der Waals surface area contributed by atoms with Crippen LogP contribution in [0.3, 0.4) is 0 Å². The summed E-state index contributed by atoms with van der Waals surface area (Å²) < 4.78 is 27.5. The number of para-hydroxylation sites is 1. The van der Waals surface area contributed by atoms with E-state index in [9.17, 15) is 8.42 Å². The van der Waals surface area contributed by atoms with E-state index >= 15 is 0 Å². The minimum atomic E-state index is -3.46. The van der Waals surface area contributed by atoms with Crippen LogP contribution in [0.1, 0.15) is 33.1 Å². The number of rotatable bonds is 10. The Labute approximate surface area is 128 Å². The zero-order valence-corrected chi connectivity index (χ0v) is 13.8. The molecule has 0 heterocycles. The first-order valence-corrected chi connectivity index (χ1v) is 9.08. The fraction of sp³-hybridized carbons (Fsp3) is 0.600. The number of hydrogen-bond acceptors (Lipinski definition) is 4. The van der Waals surface area contributed by atoms with Gasteiger partial charge in [0, 0.05) is 19.6 Å². The fourth-order valence-electron chi connectivity index (χ4n) is 2.16. The molecule has 0 radical (unpaired) electrons. The summed E-state index contributed by atoms with van der Waals surface area (Å²) in [6.45, 7) is 6.67. The van der Waals surface area contributed by atoms with E-state index < -0.39 is 10.0 Å². The average molecular weight is 313 g/mol. The van der Waals surface area contributed by atoms with Gasteiger partial charge in [-0.05, 0) is 37.9 Å². The Morgan fingerprint density at radius 2 is 1.86 bits per heavy atom. The van der Waals surface area contributed by atoms with E-state index in [4.69, 9.17) is 5.73 Å². The molecule has 5 nitrogen and oxygen atoms in total. The molecular formula is C15H27N3O2S. The van der Waals surface area contributed by atoms with E-state index in [1.807, 2.05) is 19.1 Å². The van der Waals surface area contributed by atoms with Crippen LogP contribution in [-0.4, -0.2) is 34.6 Å². The molecule has 0 bridgehead atoms. The number of nitrogens with two attached hydrogens (primary N) is 1. The second-order valence-corrected chi connectivity index (χ2v) is 6.73. The zero-order valence-electron chi connectivity index (χ0n) is 13.0. The molecule has 0 fully saturated rings. The van der Waals surface area contributed by atoms with Crippen molar-refractivity contribution in [3.05, 3.63) is 24.3 Å². The third-order valence-electron chi connectivity index (χ3n) is 3.16. The van der Waals surface area contributed by atoms with Crippen LogP contribution in [0.5, 0.6) is 0 Å². The first-order valence-electron chi connectivity index (χ1n) is 7.60. The van der Waals surface area contributed by atoms with Crippen LogP contribution in [-0.2, 0) is 10.0 Å². The van der Waals surface area contributed by atoms with Gasteiger partial charge in [-0.3, -0.25) is 0 Å². The molecule has 0 aromatic heterocycles. The lowest BCUT2D eigenvalue weighted by molar-refractivity contribution is 0.580. The van der Waals surface area contributed by atoms with Crippen molar-refractivity contribution in [3.8, 4) is 0 Å². The number of nitrogens with zero attached hydrogens (tertiary/aromatic N) is 1. The van der Waals surface area contributed by atoms with Crippen molar-refractivity contribution in [3.63, 3.8) is 0 Å². The molecule has 0 saturated carbocycles. The van der Waals surface area contributed by atoms with E-state index in [0.717, 1.165) is 38.0 Å². The average Bonchev–Trinajstić information content (AvgIpc) is 2.49. The lowest BCUT2D eigenvalue weighted by Gasteiger charge is -2.26. The Kier molecular flexibility index (Phi) is 7.71. The van der Waals surface area contributed by atoms with Gasteiger partial charge in [-0.15, -0.1) is 0 Å². The summed E-state index contributed by atoms with van der Waals surface area (Å²) in [4.78, 5) is 2.46. The van der Waals surface area contributed by atoms with Crippen molar-refractivity contribution in [2.75, 3.05) is 31.1 Å². The molecule has 120 valence electrons. The number of benzene rings is 1. The van der Waals surface area contributed by atoms with Crippen molar-refractivity contribution in [2.24, 2.45) is 5.73 Å². The Morgan fingerprint density at radius 3 is 2.48 bits per heavy atom. The summed E-state index contributed by atoms with van der Waals surface area (Å²) in [5.41, 5.74) is 6.34. The molecule has 1 aromatic carbocycles. The van der Waals surface area contributed by atoms with Crippen LogP contribution >= 0.6 is 0 Å². The number of hydrogen-bond donors (Lipinski definition) is 2. The molecule has 0 unspecified atom stereocenters. The quantitative estimate of drug-likeness (QED) is 0.692. The Morgan fingerprint density at radius 1 is 1.14 bits per heavy atom. The second kappa shape index (κ2) is 9.02. The van der Waals surface area contributed by atoms with Gasteiger partial charge < -0.3 is 10.6 Å². The van der Waals surface area contributed by atoms with Gasteiger partial charge in [0.2, 0.25) is 10.0 Å². The minimum absolute atomic E-state index is 0.351. The summed E-state index contributed by atoms with van der Waals surface area (Å²) in [6, 6.07) is 7.17. The summed E-state index contributed by atoms with van der Waals surface area (Å²) in [7, 11) is -3.46. The molecule has 0 saturated heterocycles. The zero-order chi connectivity index (χ0) is 15.7. The van der Waals surface area contributed by atoms with Crippen molar-refractivity contribution >= 4 is 15.7 Å². The second-order valence-electron chi connectivity index (χ2n) is 4.99. The van der Waals surface area contributed by atoms with E-state index in [1.54, 1.807) is 12.1 Å². The molecule has 0 spiro atoms. The maximum absolute atomic E-state index is 12.4. The molecule has 0 amide bonds. The van der Waals surface area contributed by atoms with E-state index in [2.05, 4.69) is 16.5 Å². The van der Waals surface area contributed by atoms with Gasteiger partial charge in [0.05, 0.1) is 5.69 Å². The van der Waals surface area contributed by atoms with E-state index in [-0.39, 0.29) is 0 Å². The number of nitrogens with one attached hydrogen (secondary N) is 1.